The largest absolute Gasteiger partial charge is 0.383 e. The molecule has 4 nitrogen and oxygen atoms in total. The summed E-state index contributed by atoms with van der Waals surface area (Å²) < 4.78 is 19.0. The van der Waals surface area contributed by atoms with Crippen LogP contribution in [0.1, 0.15) is 5.56 Å². The summed E-state index contributed by atoms with van der Waals surface area (Å²) >= 11 is 8.21. The Hall–Kier alpha value is -1.05. The molecular formula is C11H13BrFN3OS. The van der Waals surface area contributed by atoms with E-state index in [0.29, 0.717) is 23.8 Å². The third-order valence-electron chi connectivity index (χ3n) is 1.92. The predicted molar refractivity (Wildman–Crippen MR) is 77.3 cm³/mol. The second kappa shape index (κ2) is 8.12. The van der Waals surface area contributed by atoms with Gasteiger partial charge in [-0.25, -0.2) is 4.39 Å². The van der Waals surface area contributed by atoms with Crippen LogP contribution in [0.25, 0.3) is 0 Å². The second-order valence-corrected chi connectivity index (χ2v) is 4.61. The van der Waals surface area contributed by atoms with Crippen molar-refractivity contribution in [3.05, 3.63) is 34.1 Å². The molecule has 0 aromatic heterocycles. The Morgan fingerprint density at radius 2 is 2.39 bits per heavy atom. The minimum atomic E-state index is -0.345. The normalized spacial score (nSPS) is 10.6. The van der Waals surface area contributed by atoms with Gasteiger partial charge in [-0.1, -0.05) is 15.9 Å². The summed E-state index contributed by atoms with van der Waals surface area (Å²) in [6.45, 7) is 1.13. The first-order chi connectivity index (χ1) is 8.63. The van der Waals surface area contributed by atoms with Crippen molar-refractivity contribution in [2.75, 3.05) is 20.3 Å². The summed E-state index contributed by atoms with van der Waals surface area (Å²) in [4.78, 5) is 0. The summed E-state index contributed by atoms with van der Waals surface area (Å²) in [7, 11) is 1.60. The Kier molecular flexibility index (Phi) is 6.77. The highest BCUT2D eigenvalue weighted by Crippen LogP contribution is 2.13. The molecule has 1 aromatic carbocycles. The number of hydrazone groups is 1. The predicted octanol–water partition coefficient (Wildman–Crippen LogP) is 2.03. The van der Waals surface area contributed by atoms with Crippen LogP contribution < -0.4 is 10.7 Å². The van der Waals surface area contributed by atoms with E-state index < -0.39 is 0 Å². The molecule has 0 unspecified atom stereocenters. The average molecular weight is 334 g/mol. The molecule has 1 rings (SSSR count). The molecule has 0 saturated heterocycles. The van der Waals surface area contributed by atoms with E-state index in [-0.39, 0.29) is 5.82 Å². The quantitative estimate of drug-likeness (QED) is 0.374. The lowest BCUT2D eigenvalue weighted by molar-refractivity contribution is 0.204. The molecule has 0 aliphatic rings. The van der Waals surface area contributed by atoms with Crippen LogP contribution in [-0.2, 0) is 4.74 Å². The topological polar surface area (TPSA) is 45.6 Å². The third-order valence-corrected chi connectivity index (χ3v) is 2.65. The standard InChI is InChI=1S/C11H13BrFN3OS/c1-17-5-4-14-11(18)16-15-7-8-6-9(12)2-3-10(8)13/h2-3,6-7H,4-5H2,1H3,(H2,14,16,18). The number of rotatable bonds is 5. The van der Waals surface area contributed by atoms with Crippen LogP contribution in [0, 0.1) is 5.82 Å². The van der Waals surface area contributed by atoms with Gasteiger partial charge in [0.15, 0.2) is 5.11 Å². The molecule has 0 saturated carbocycles. The van der Waals surface area contributed by atoms with Gasteiger partial charge in [0.05, 0.1) is 12.8 Å². The highest BCUT2D eigenvalue weighted by atomic mass is 79.9. The molecule has 2 N–H and O–H groups in total. The summed E-state index contributed by atoms with van der Waals surface area (Å²) in [5, 5.41) is 7.08. The first-order valence-corrected chi connectivity index (χ1v) is 6.34. The van der Waals surface area contributed by atoms with Crippen molar-refractivity contribution in [2.24, 2.45) is 5.10 Å². The highest BCUT2D eigenvalue weighted by Gasteiger charge is 1.99. The lowest BCUT2D eigenvalue weighted by atomic mass is 10.2. The van der Waals surface area contributed by atoms with Crippen molar-refractivity contribution in [3.63, 3.8) is 0 Å². The first kappa shape index (κ1) is 15.0. The number of hydrogen-bond donors (Lipinski definition) is 2. The molecule has 1 aromatic rings. The van der Waals surface area contributed by atoms with Gasteiger partial charge >= 0.3 is 0 Å². The van der Waals surface area contributed by atoms with Crippen molar-refractivity contribution in [2.45, 2.75) is 0 Å². The number of methoxy groups -OCH3 is 1. The molecule has 0 bridgehead atoms. The molecule has 7 heteroatoms. The molecular weight excluding hydrogens is 321 g/mol. The maximum absolute atomic E-state index is 13.3. The van der Waals surface area contributed by atoms with Gasteiger partial charge in [0.25, 0.3) is 0 Å². The molecule has 0 aliphatic heterocycles. The van der Waals surface area contributed by atoms with E-state index in [1.54, 1.807) is 19.2 Å². The summed E-state index contributed by atoms with van der Waals surface area (Å²) in [6.07, 6.45) is 1.37. The Morgan fingerprint density at radius 1 is 1.61 bits per heavy atom. The van der Waals surface area contributed by atoms with E-state index in [4.69, 9.17) is 17.0 Å². The van der Waals surface area contributed by atoms with Crippen LogP contribution in [0.3, 0.4) is 0 Å². The van der Waals surface area contributed by atoms with Crippen LogP contribution in [0.5, 0.6) is 0 Å². The van der Waals surface area contributed by atoms with Crippen LogP contribution in [0.2, 0.25) is 0 Å². The number of benzene rings is 1. The van der Waals surface area contributed by atoms with Gasteiger partial charge in [-0.2, -0.15) is 5.10 Å². The first-order valence-electron chi connectivity index (χ1n) is 5.14. The van der Waals surface area contributed by atoms with Gasteiger partial charge in [-0.05, 0) is 30.4 Å². The molecule has 0 radical (unpaired) electrons. The van der Waals surface area contributed by atoms with Gasteiger partial charge in [0, 0.05) is 23.7 Å². The molecule has 98 valence electrons. The van der Waals surface area contributed by atoms with Crippen LogP contribution in [0.4, 0.5) is 4.39 Å². The summed E-state index contributed by atoms with van der Waals surface area (Å²) in [5.41, 5.74) is 2.96. The zero-order chi connectivity index (χ0) is 13.4. The molecule has 18 heavy (non-hydrogen) atoms. The highest BCUT2D eigenvalue weighted by molar-refractivity contribution is 9.10. The van der Waals surface area contributed by atoms with Crippen LogP contribution in [0.15, 0.2) is 27.8 Å². The Bertz CT molecular complexity index is 442. The lowest BCUT2D eigenvalue weighted by Crippen LogP contribution is -2.34. The molecule has 0 amide bonds. The number of ether oxygens (including phenoxy) is 1. The zero-order valence-corrected chi connectivity index (χ0v) is 12.1. The number of nitrogens with one attached hydrogen (secondary N) is 2. The number of hydrogen-bond acceptors (Lipinski definition) is 3. The van der Waals surface area contributed by atoms with Crippen molar-refractivity contribution in [3.8, 4) is 0 Å². The Morgan fingerprint density at radius 3 is 3.11 bits per heavy atom. The monoisotopic (exact) mass is 333 g/mol. The lowest BCUT2D eigenvalue weighted by Gasteiger charge is -2.05. The second-order valence-electron chi connectivity index (χ2n) is 3.28. The smallest absolute Gasteiger partial charge is 0.187 e. The van der Waals surface area contributed by atoms with Gasteiger partial charge in [-0.3, -0.25) is 5.43 Å². The third kappa shape index (κ3) is 5.52. The van der Waals surface area contributed by atoms with E-state index in [2.05, 4.69) is 31.8 Å². The van der Waals surface area contributed by atoms with Gasteiger partial charge in [0.2, 0.25) is 0 Å². The maximum atomic E-state index is 13.3. The Balaban J connectivity index is 2.44. The SMILES string of the molecule is COCCNC(=S)NN=Cc1cc(Br)ccc1F. The minimum absolute atomic E-state index is 0.345. The molecule has 0 fully saturated rings. The van der Waals surface area contributed by atoms with Gasteiger partial charge in [-0.15, -0.1) is 0 Å². The number of thiocarbonyl (C=S) groups is 1. The summed E-state index contributed by atoms with van der Waals surface area (Å²) in [5.74, 6) is -0.345. The van der Waals surface area contributed by atoms with Crippen LogP contribution >= 0.6 is 28.1 Å². The van der Waals surface area contributed by atoms with E-state index in [9.17, 15) is 4.39 Å². The number of halogens is 2. The van der Waals surface area contributed by atoms with Crippen molar-refractivity contribution in [1.29, 1.82) is 0 Å². The summed E-state index contributed by atoms with van der Waals surface area (Å²) in [6, 6.07) is 4.61. The molecule has 0 atom stereocenters. The van der Waals surface area contributed by atoms with Crippen molar-refractivity contribution >= 4 is 39.5 Å². The van der Waals surface area contributed by atoms with E-state index in [0.717, 1.165) is 4.47 Å². The minimum Gasteiger partial charge on any atom is -0.383 e. The van der Waals surface area contributed by atoms with E-state index in [1.165, 1.54) is 12.3 Å². The fourth-order valence-electron chi connectivity index (χ4n) is 1.08. The van der Waals surface area contributed by atoms with Crippen LogP contribution in [-0.4, -0.2) is 31.6 Å². The Labute approximate surface area is 119 Å². The van der Waals surface area contributed by atoms with E-state index >= 15 is 0 Å². The fraction of sp³-hybridized carbons (Fsp3) is 0.273. The zero-order valence-electron chi connectivity index (χ0n) is 9.74. The fourth-order valence-corrected chi connectivity index (χ4v) is 1.61. The maximum Gasteiger partial charge on any atom is 0.187 e. The molecule has 0 spiro atoms. The van der Waals surface area contributed by atoms with Crippen molar-refractivity contribution < 1.29 is 9.13 Å². The van der Waals surface area contributed by atoms with Gasteiger partial charge in [0.1, 0.15) is 5.82 Å². The van der Waals surface area contributed by atoms with Crippen molar-refractivity contribution in [1.82, 2.24) is 10.7 Å². The van der Waals surface area contributed by atoms with Gasteiger partial charge < -0.3 is 10.1 Å². The molecule has 0 aliphatic carbocycles. The average Bonchev–Trinajstić information content (AvgIpc) is 2.34. The van der Waals surface area contributed by atoms with E-state index in [1.807, 2.05) is 0 Å². The molecule has 0 heterocycles. The number of nitrogens with zero attached hydrogens (tertiary/aromatic N) is 1.